The van der Waals surface area contributed by atoms with Crippen molar-refractivity contribution in [2.45, 2.75) is 182 Å². The zero-order chi connectivity index (χ0) is 22.1. The second kappa shape index (κ2) is 25.3. The van der Waals surface area contributed by atoms with Crippen molar-refractivity contribution in [3.05, 3.63) is 0 Å². The van der Waals surface area contributed by atoms with E-state index in [1.165, 1.54) is 154 Å². The summed E-state index contributed by atoms with van der Waals surface area (Å²) in [4.78, 5) is 0. The summed E-state index contributed by atoms with van der Waals surface area (Å²) in [7, 11) is 0. The standard InChI is InChI=1S/C30H62/c1-5-7-9-10-11-12-13-14-15-16-18-22-27-30(4)28-24-20-17-19-23-26-29(3)25-21-8-6-2/h29-30H,5-28H2,1-4H3. The van der Waals surface area contributed by atoms with E-state index in [0.29, 0.717) is 0 Å². The third-order valence-corrected chi connectivity index (χ3v) is 7.24. The summed E-state index contributed by atoms with van der Waals surface area (Å²) in [6.45, 7) is 9.58. The average molecular weight is 423 g/mol. The molecular weight excluding hydrogens is 360 g/mol. The van der Waals surface area contributed by atoms with Gasteiger partial charge in [0.05, 0.1) is 0 Å². The normalized spacial score (nSPS) is 13.6. The Balaban J connectivity index is 3.21. The first-order valence-corrected chi connectivity index (χ1v) is 14.7. The van der Waals surface area contributed by atoms with E-state index >= 15 is 0 Å². The lowest BCUT2D eigenvalue weighted by Crippen LogP contribution is -1.96. The van der Waals surface area contributed by atoms with Gasteiger partial charge in [-0.3, -0.25) is 0 Å². The average Bonchev–Trinajstić information content (AvgIpc) is 2.74. The molecule has 0 amide bonds. The molecule has 0 nitrogen and oxygen atoms in total. The van der Waals surface area contributed by atoms with Crippen molar-refractivity contribution in [1.82, 2.24) is 0 Å². The fourth-order valence-corrected chi connectivity index (χ4v) is 4.88. The molecular formula is C30H62. The van der Waals surface area contributed by atoms with Crippen molar-refractivity contribution in [2.75, 3.05) is 0 Å². The zero-order valence-corrected chi connectivity index (χ0v) is 22.1. The number of hydrogen-bond acceptors (Lipinski definition) is 0. The van der Waals surface area contributed by atoms with Crippen LogP contribution < -0.4 is 0 Å². The van der Waals surface area contributed by atoms with Crippen molar-refractivity contribution in [3.63, 3.8) is 0 Å². The van der Waals surface area contributed by atoms with Gasteiger partial charge < -0.3 is 0 Å². The van der Waals surface area contributed by atoms with Gasteiger partial charge in [0.2, 0.25) is 0 Å². The molecule has 0 rings (SSSR count). The number of hydrogen-bond donors (Lipinski definition) is 0. The first-order chi connectivity index (χ1) is 14.7. The minimum atomic E-state index is 0.965. The Morgan fingerprint density at radius 2 is 0.500 bits per heavy atom. The molecule has 0 spiro atoms. The van der Waals surface area contributed by atoms with E-state index in [-0.39, 0.29) is 0 Å². The van der Waals surface area contributed by atoms with Gasteiger partial charge in [-0.2, -0.15) is 0 Å². The molecule has 0 heterocycles. The summed E-state index contributed by atoms with van der Waals surface area (Å²) in [6, 6.07) is 0. The van der Waals surface area contributed by atoms with Crippen molar-refractivity contribution in [2.24, 2.45) is 11.8 Å². The highest BCUT2D eigenvalue weighted by Gasteiger charge is 2.04. The molecule has 0 aromatic carbocycles. The van der Waals surface area contributed by atoms with Crippen LogP contribution in [0.15, 0.2) is 0 Å². The Hall–Kier alpha value is 0. The summed E-state index contributed by atoms with van der Waals surface area (Å²) in [5.74, 6) is 1.93. The van der Waals surface area contributed by atoms with Crippen LogP contribution in [0.4, 0.5) is 0 Å². The second-order valence-corrected chi connectivity index (χ2v) is 10.7. The topological polar surface area (TPSA) is 0 Å². The van der Waals surface area contributed by atoms with Crippen LogP contribution in [0.3, 0.4) is 0 Å². The Labute approximate surface area is 193 Å². The Morgan fingerprint density at radius 3 is 0.800 bits per heavy atom. The highest BCUT2D eigenvalue weighted by Crippen LogP contribution is 2.20. The minimum absolute atomic E-state index is 0.965. The molecule has 0 radical (unpaired) electrons. The van der Waals surface area contributed by atoms with Crippen molar-refractivity contribution in [3.8, 4) is 0 Å². The van der Waals surface area contributed by atoms with Crippen molar-refractivity contribution in [1.29, 1.82) is 0 Å². The molecule has 0 aliphatic rings. The van der Waals surface area contributed by atoms with Gasteiger partial charge in [0.15, 0.2) is 0 Å². The van der Waals surface area contributed by atoms with E-state index in [2.05, 4.69) is 27.7 Å². The van der Waals surface area contributed by atoms with Crippen LogP contribution in [0, 0.1) is 11.8 Å². The predicted octanol–water partition coefficient (Wildman–Crippen LogP) is 11.7. The summed E-state index contributed by atoms with van der Waals surface area (Å²) >= 11 is 0. The van der Waals surface area contributed by atoms with Gasteiger partial charge in [-0.15, -0.1) is 0 Å². The zero-order valence-electron chi connectivity index (χ0n) is 22.1. The lowest BCUT2D eigenvalue weighted by atomic mass is 9.94. The maximum atomic E-state index is 2.50. The van der Waals surface area contributed by atoms with E-state index in [4.69, 9.17) is 0 Å². The molecule has 0 saturated heterocycles. The van der Waals surface area contributed by atoms with Crippen LogP contribution in [0.25, 0.3) is 0 Å². The van der Waals surface area contributed by atoms with Gasteiger partial charge in [-0.25, -0.2) is 0 Å². The molecule has 0 aliphatic heterocycles. The second-order valence-electron chi connectivity index (χ2n) is 10.7. The molecule has 0 heteroatoms. The fourth-order valence-electron chi connectivity index (χ4n) is 4.88. The van der Waals surface area contributed by atoms with E-state index in [0.717, 1.165) is 11.8 Å². The Morgan fingerprint density at radius 1 is 0.300 bits per heavy atom. The quantitative estimate of drug-likeness (QED) is 0.128. The fraction of sp³-hybridized carbons (Fsp3) is 1.00. The molecule has 0 saturated carbocycles. The SMILES string of the molecule is CCCCCCCCCCCCCCC(C)CCCCCCCC(C)CCCCC. The lowest BCUT2D eigenvalue weighted by Gasteiger charge is -2.12. The lowest BCUT2D eigenvalue weighted by molar-refractivity contribution is 0.418. The molecule has 0 aromatic heterocycles. The Bertz CT molecular complexity index is 294. The summed E-state index contributed by atoms with van der Waals surface area (Å²) in [5, 5.41) is 0. The van der Waals surface area contributed by atoms with Gasteiger partial charge in [-0.05, 0) is 11.8 Å². The van der Waals surface area contributed by atoms with E-state index in [1.54, 1.807) is 0 Å². The molecule has 182 valence electrons. The van der Waals surface area contributed by atoms with Crippen LogP contribution in [-0.2, 0) is 0 Å². The highest BCUT2D eigenvalue weighted by molar-refractivity contribution is 4.58. The monoisotopic (exact) mass is 422 g/mol. The van der Waals surface area contributed by atoms with Crippen molar-refractivity contribution >= 4 is 0 Å². The van der Waals surface area contributed by atoms with E-state index in [9.17, 15) is 0 Å². The third kappa shape index (κ3) is 24.3. The van der Waals surface area contributed by atoms with Crippen LogP contribution in [0.5, 0.6) is 0 Å². The van der Waals surface area contributed by atoms with Gasteiger partial charge in [0.25, 0.3) is 0 Å². The largest absolute Gasteiger partial charge is 0.0654 e. The Kier molecular flexibility index (Phi) is 25.3. The molecule has 0 bridgehead atoms. The highest BCUT2D eigenvalue weighted by atomic mass is 14.1. The predicted molar refractivity (Wildman–Crippen MR) is 140 cm³/mol. The molecule has 0 fully saturated rings. The first-order valence-electron chi connectivity index (χ1n) is 14.7. The minimum Gasteiger partial charge on any atom is -0.0654 e. The van der Waals surface area contributed by atoms with E-state index in [1.807, 2.05) is 0 Å². The van der Waals surface area contributed by atoms with Gasteiger partial charge in [0, 0.05) is 0 Å². The molecule has 2 atom stereocenters. The van der Waals surface area contributed by atoms with Gasteiger partial charge in [-0.1, -0.05) is 182 Å². The summed E-state index contributed by atoms with van der Waals surface area (Å²) < 4.78 is 0. The van der Waals surface area contributed by atoms with Crippen LogP contribution in [0.1, 0.15) is 182 Å². The molecule has 0 N–H and O–H groups in total. The van der Waals surface area contributed by atoms with Gasteiger partial charge >= 0.3 is 0 Å². The number of unbranched alkanes of at least 4 members (excludes halogenated alkanes) is 17. The smallest absolute Gasteiger partial charge is 0.0443 e. The first kappa shape index (κ1) is 30.0. The van der Waals surface area contributed by atoms with Crippen LogP contribution in [0.2, 0.25) is 0 Å². The molecule has 2 unspecified atom stereocenters. The maximum absolute atomic E-state index is 2.50. The molecule has 0 aliphatic carbocycles. The van der Waals surface area contributed by atoms with Crippen LogP contribution >= 0.6 is 0 Å². The molecule has 0 aromatic rings. The van der Waals surface area contributed by atoms with Crippen LogP contribution in [-0.4, -0.2) is 0 Å². The van der Waals surface area contributed by atoms with E-state index < -0.39 is 0 Å². The maximum Gasteiger partial charge on any atom is -0.0443 e. The summed E-state index contributed by atoms with van der Waals surface area (Å²) in [5.41, 5.74) is 0. The third-order valence-electron chi connectivity index (χ3n) is 7.24. The number of rotatable bonds is 25. The summed E-state index contributed by atoms with van der Waals surface area (Å²) in [6.07, 6.45) is 35.2. The van der Waals surface area contributed by atoms with Gasteiger partial charge in [0.1, 0.15) is 0 Å². The molecule has 30 heavy (non-hydrogen) atoms. The van der Waals surface area contributed by atoms with Crippen molar-refractivity contribution < 1.29 is 0 Å².